The van der Waals surface area contributed by atoms with E-state index in [-0.39, 0.29) is 11.1 Å². The summed E-state index contributed by atoms with van der Waals surface area (Å²) < 4.78 is 41.7. The van der Waals surface area contributed by atoms with Crippen LogP contribution in [0.5, 0.6) is 0 Å². The maximum Gasteiger partial charge on any atom is 0.408 e. The van der Waals surface area contributed by atoms with Gasteiger partial charge < -0.3 is 4.57 Å². The summed E-state index contributed by atoms with van der Waals surface area (Å²) in [6.07, 6.45) is -4.56. The zero-order valence-corrected chi connectivity index (χ0v) is 12.3. The van der Waals surface area contributed by atoms with Crippen molar-refractivity contribution >= 4 is 27.9 Å². The molecular formula is C15H10F3N3S. The molecule has 0 bridgehead atoms. The third-order valence-electron chi connectivity index (χ3n) is 3.48. The van der Waals surface area contributed by atoms with Crippen molar-refractivity contribution in [3.05, 3.63) is 57.5 Å². The van der Waals surface area contributed by atoms with E-state index in [0.717, 1.165) is 5.69 Å². The van der Waals surface area contributed by atoms with Gasteiger partial charge in [0.2, 0.25) is 0 Å². The van der Waals surface area contributed by atoms with E-state index in [2.05, 4.69) is 9.83 Å². The van der Waals surface area contributed by atoms with Crippen molar-refractivity contribution in [2.75, 3.05) is 0 Å². The van der Waals surface area contributed by atoms with Crippen molar-refractivity contribution < 1.29 is 13.2 Å². The quantitative estimate of drug-likeness (QED) is 0.607. The van der Waals surface area contributed by atoms with E-state index in [1.165, 1.54) is 23.5 Å². The molecule has 0 aliphatic heterocycles. The molecule has 0 fully saturated rings. The number of nitrogens with zero attached hydrogens (tertiary/aromatic N) is 3. The summed E-state index contributed by atoms with van der Waals surface area (Å²) in [4.78, 5) is 7.18. The fourth-order valence-electron chi connectivity index (χ4n) is 2.53. The number of fused-ring (bicyclic) bond motifs is 1. The topological polar surface area (TPSA) is 22.2 Å². The standard InChI is InChI=1S/C15H10F3N3S/c1-9-5-11-13(21(9)6-10-7-22-8-20-10)4-3-12(19-2)14(11)15(16,17)18/h3-5,7-8H,6H2,1H3. The minimum atomic E-state index is -4.56. The molecule has 2 aromatic heterocycles. The molecule has 7 heteroatoms. The van der Waals surface area contributed by atoms with Gasteiger partial charge >= 0.3 is 6.18 Å². The fourth-order valence-corrected chi connectivity index (χ4v) is 3.08. The van der Waals surface area contributed by atoms with Crippen LogP contribution in [0.4, 0.5) is 18.9 Å². The molecule has 0 saturated carbocycles. The number of aryl methyl sites for hydroxylation is 1. The minimum absolute atomic E-state index is 0.0636. The summed E-state index contributed by atoms with van der Waals surface area (Å²) in [5, 5.41) is 1.93. The molecule has 0 amide bonds. The van der Waals surface area contributed by atoms with Crippen molar-refractivity contribution in [3.63, 3.8) is 0 Å². The van der Waals surface area contributed by atoms with Crippen LogP contribution >= 0.6 is 11.3 Å². The van der Waals surface area contributed by atoms with Crippen molar-refractivity contribution in [3.8, 4) is 0 Å². The molecular weight excluding hydrogens is 311 g/mol. The monoisotopic (exact) mass is 321 g/mol. The third-order valence-corrected chi connectivity index (χ3v) is 4.11. The number of thiazole rings is 1. The molecule has 0 unspecified atom stereocenters. The number of benzene rings is 1. The minimum Gasteiger partial charge on any atom is -0.339 e. The second kappa shape index (κ2) is 5.14. The number of halogens is 3. The Kier molecular flexibility index (Phi) is 3.41. The average molecular weight is 321 g/mol. The average Bonchev–Trinajstić information content (AvgIpc) is 3.06. The van der Waals surface area contributed by atoms with Gasteiger partial charge in [-0.05, 0) is 19.1 Å². The normalized spacial score (nSPS) is 11.8. The van der Waals surface area contributed by atoms with Crippen LogP contribution in [0.1, 0.15) is 17.0 Å². The van der Waals surface area contributed by atoms with Crippen LogP contribution in [-0.4, -0.2) is 9.55 Å². The number of rotatable bonds is 2. The van der Waals surface area contributed by atoms with Crippen molar-refractivity contribution in [1.29, 1.82) is 0 Å². The van der Waals surface area contributed by atoms with Gasteiger partial charge in [0.25, 0.3) is 0 Å². The van der Waals surface area contributed by atoms with E-state index in [4.69, 9.17) is 6.57 Å². The zero-order chi connectivity index (χ0) is 15.9. The summed E-state index contributed by atoms with van der Waals surface area (Å²) in [6, 6.07) is 4.28. The van der Waals surface area contributed by atoms with Crippen LogP contribution < -0.4 is 0 Å². The zero-order valence-electron chi connectivity index (χ0n) is 11.5. The van der Waals surface area contributed by atoms with E-state index in [1.807, 2.05) is 5.38 Å². The molecule has 0 N–H and O–H groups in total. The van der Waals surface area contributed by atoms with Crippen molar-refractivity contribution in [2.24, 2.45) is 0 Å². The molecule has 1 aromatic carbocycles. The Labute approximate surface area is 128 Å². The molecule has 0 aliphatic carbocycles. The van der Waals surface area contributed by atoms with Gasteiger partial charge in [-0.2, -0.15) is 13.2 Å². The predicted molar refractivity (Wildman–Crippen MR) is 79.2 cm³/mol. The molecule has 3 nitrogen and oxygen atoms in total. The highest BCUT2D eigenvalue weighted by atomic mass is 32.1. The van der Waals surface area contributed by atoms with E-state index in [1.54, 1.807) is 23.1 Å². The summed E-state index contributed by atoms with van der Waals surface area (Å²) in [7, 11) is 0. The molecule has 0 aliphatic rings. The summed E-state index contributed by atoms with van der Waals surface area (Å²) >= 11 is 1.44. The van der Waals surface area contributed by atoms with Gasteiger partial charge in [0.1, 0.15) is 0 Å². The highest BCUT2D eigenvalue weighted by Gasteiger charge is 2.36. The van der Waals surface area contributed by atoms with Gasteiger partial charge in [-0.1, -0.05) is 6.07 Å². The lowest BCUT2D eigenvalue weighted by atomic mass is 10.1. The molecule has 0 spiro atoms. The third kappa shape index (κ3) is 2.35. The van der Waals surface area contributed by atoms with E-state index in [0.29, 0.717) is 17.8 Å². The largest absolute Gasteiger partial charge is 0.408 e. The Hall–Kier alpha value is -2.33. The van der Waals surface area contributed by atoms with Gasteiger partial charge in [-0.15, -0.1) is 11.3 Å². The van der Waals surface area contributed by atoms with Crippen LogP contribution in [0.25, 0.3) is 15.7 Å². The van der Waals surface area contributed by atoms with Crippen LogP contribution in [0.2, 0.25) is 0 Å². The molecule has 22 heavy (non-hydrogen) atoms. The van der Waals surface area contributed by atoms with E-state index < -0.39 is 11.7 Å². The SMILES string of the molecule is [C-]#[N+]c1ccc2c(cc(C)n2Cc2cscn2)c1C(F)(F)F. The Bertz CT molecular complexity index is 870. The summed E-state index contributed by atoms with van der Waals surface area (Å²) in [6.45, 7) is 9.13. The van der Waals surface area contributed by atoms with Crippen molar-refractivity contribution in [2.45, 2.75) is 19.6 Å². The lowest BCUT2D eigenvalue weighted by Gasteiger charge is -2.11. The first-order valence-corrected chi connectivity index (χ1v) is 7.30. The molecule has 112 valence electrons. The van der Waals surface area contributed by atoms with Gasteiger partial charge in [0.15, 0.2) is 5.69 Å². The lowest BCUT2D eigenvalue weighted by Crippen LogP contribution is -2.06. The number of hydrogen-bond donors (Lipinski definition) is 0. The van der Waals surface area contributed by atoms with Crippen molar-refractivity contribution in [1.82, 2.24) is 9.55 Å². The fraction of sp³-hybridized carbons (Fsp3) is 0.200. The lowest BCUT2D eigenvalue weighted by molar-refractivity contribution is -0.135. The van der Waals surface area contributed by atoms with Crippen LogP contribution in [0, 0.1) is 13.5 Å². The number of alkyl halides is 3. The second-order valence-electron chi connectivity index (χ2n) is 4.85. The van der Waals surface area contributed by atoms with Gasteiger partial charge in [-0.3, -0.25) is 0 Å². The first kappa shape index (κ1) is 14.6. The first-order chi connectivity index (χ1) is 10.4. The summed E-state index contributed by atoms with van der Waals surface area (Å²) in [5.74, 6) is 0. The first-order valence-electron chi connectivity index (χ1n) is 6.36. The van der Waals surface area contributed by atoms with Gasteiger partial charge in [-0.25, -0.2) is 9.83 Å². The summed E-state index contributed by atoms with van der Waals surface area (Å²) in [5.41, 5.74) is 2.43. The Morgan fingerprint density at radius 2 is 2.14 bits per heavy atom. The van der Waals surface area contributed by atoms with Crippen LogP contribution in [0.15, 0.2) is 29.1 Å². The molecule has 0 radical (unpaired) electrons. The predicted octanol–water partition coefficient (Wildman–Crippen LogP) is 5.02. The smallest absolute Gasteiger partial charge is 0.339 e. The number of hydrogen-bond acceptors (Lipinski definition) is 2. The van der Waals surface area contributed by atoms with Crippen LogP contribution in [-0.2, 0) is 12.7 Å². The van der Waals surface area contributed by atoms with Crippen LogP contribution in [0.3, 0.4) is 0 Å². The van der Waals surface area contributed by atoms with Gasteiger partial charge in [0, 0.05) is 22.0 Å². The van der Waals surface area contributed by atoms with Gasteiger partial charge in [0.05, 0.1) is 29.9 Å². The molecule has 3 aromatic rings. The highest BCUT2D eigenvalue weighted by Crippen LogP contribution is 2.42. The maximum absolute atomic E-state index is 13.3. The van der Waals surface area contributed by atoms with E-state index >= 15 is 0 Å². The number of aromatic nitrogens is 2. The Balaban J connectivity index is 2.26. The maximum atomic E-state index is 13.3. The molecule has 2 heterocycles. The second-order valence-corrected chi connectivity index (χ2v) is 5.57. The molecule has 3 rings (SSSR count). The molecule has 0 atom stereocenters. The highest BCUT2D eigenvalue weighted by molar-refractivity contribution is 7.07. The van der Waals surface area contributed by atoms with E-state index in [9.17, 15) is 13.2 Å². The molecule has 0 saturated heterocycles. The Morgan fingerprint density at radius 1 is 1.36 bits per heavy atom. The Morgan fingerprint density at radius 3 is 2.73 bits per heavy atom.